The molecule has 2 aromatic carbocycles. The molecule has 1 heterocycles. The predicted octanol–water partition coefficient (Wildman–Crippen LogP) is 4.50. The third kappa shape index (κ3) is 2.20. The Kier molecular flexibility index (Phi) is 3.52. The molecule has 1 amide bonds. The minimum atomic E-state index is -0.901. The van der Waals surface area contributed by atoms with E-state index in [9.17, 15) is 9.59 Å². The molecule has 2 aromatic rings. The minimum absolute atomic E-state index is 0.00999. The maximum atomic E-state index is 12.9. The van der Waals surface area contributed by atoms with E-state index in [1.54, 1.807) is 30.3 Å². The molecule has 0 bridgehead atoms. The van der Waals surface area contributed by atoms with Crippen molar-refractivity contribution in [2.45, 2.75) is 17.8 Å². The van der Waals surface area contributed by atoms with E-state index in [-0.39, 0.29) is 24.0 Å². The first-order valence-corrected chi connectivity index (χ1v) is 8.35. The highest BCUT2D eigenvalue weighted by molar-refractivity contribution is 6.31. The van der Waals surface area contributed by atoms with Gasteiger partial charge in [-0.3, -0.25) is 9.59 Å². The molecule has 1 N–H and O–H groups in total. The number of rotatable bonds is 1. The van der Waals surface area contributed by atoms with Crippen molar-refractivity contribution >= 4 is 40.6 Å². The van der Waals surface area contributed by atoms with Crippen LogP contribution in [0, 0.1) is 0 Å². The molecule has 120 valence electrons. The maximum absolute atomic E-state index is 12.9. The number of ketones is 1. The van der Waals surface area contributed by atoms with Crippen LogP contribution in [-0.4, -0.2) is 11.7 Å². The number of nitrogens with one attached hydrogen (secondary N) is 1. The number of anilines is 1. The molecule has 5 heteroatoms. The average Bonchev–Trinajstić information content (AvgIpc) is 2.82. The second kappa shape index (κ2) is 5.47. The van der Waals surface area contributed by atoms with Crippen molar-refractivity contribution < 1.29 is 9.59 Å². The Hall–Kier alpha value is -2.10. The summed E-state index contributed by atoms with van der Waals surface area (Å²) in [6.45, 7) is 0. The summed E-state index contributed by atoms with van der Waals surface area (Å²) in [5.74, 6) is -0.408. The summed E-state index contributed by atoms with van der Waals surface area (Å²) in [6.07, 6.45) is 3.51. The third-order valence-electron chi connectivity index (χ3n) is 4.81. The molecule has 1 aliphatic heterocycles. The largest absolute Gasteiger partial charge is 0.325 e. The number of carbonyl (C=O) groups is 2. The van der Waals surface area contributed by atoms with Gasteiger partial charge in [0.15, 0.2) is 5.78 Å². The molecule has 0 unspecified atom stereocenters. The fourth-order valence-electron chi connectivity index (χ4n) is 3.69. The molecule has 0 saturated carbocycles. The molecular formula is C19H13Cl2NO2. The fourth-order valence-corrected chi connectivity index (χ4v) is 3.98. The lowest BCUT2D eigenvalue weighted by Gasteiger charge is -2.36. The van der Waals surface area contributed by atoms with E-state index >= 15 is 0 Å². The highest BCUT2D eigenvalue weighted by Gasteiger charge is 2.53. The standard InChI is InChI=1S/C19H13Cl2NO2/c20-12-3-1-11(2-4-12)16-10-14(23)7-8-19(16)15-6-5-13(21)9-17(15)22-18(19)24/h1-9,16H,10H2,(H,22,24)/t16-,19+/m1/s1. The molecule has 0 saturated heterocycles. The molecule has 4 rings (SSSR count). The van der Waals surface area contributed by atoms with E-state index in [0.717, 1.165) is 11.1 Å². The van der Waals surface area contributed by atoms with Gasteiger partial charge in [-0.1, -0.05) is 47.5 Å². The lowest BCUT2D eigenvalue weighted by molar-refractivity contribution is -0.121. The Morgan fingerprint density at radius 1 is 1.00 bits per heavy atom. The van der Waals surface area contributed by atoms with Gasteiger partial charge in [-0.25, -0.2) is 0 Å². The van der Waals surface area contributed by atoms with Gasteiger partial charge in [-0.15, -0.1) is 0 Å². The zero-order valence-electron chi connectivity index (χ0n) is 12.6. The maximum Gasteiger partial charge on any atom is 0.239 e. The van der Waals surface area contributed by atoms with Crippen molar-refractivity contribution in [3.05, 3.63) is 75.8 Å². The number of hydrogen-bond donors (Lipinski definition) is 1. The molecule has 1 spiro atoms. The van der Waals surface area contributed by atoms with Crippen molar-refractivity contribution in [3.8, 4) is 0 Å². The summed E-state index contributed by atoms with van der Waals surface area (Å²) in [4.78, 5) is 25.0. The SMILES string of the molecule is O=C1C=C[C@@]2(C(=O)Nc3cc(Cl)ccc32)[C@@H](c2ccc(Cl)cc2)C1. The summed E-state index contributed by atoms with van der Waals surface area (Å²) in [6, 6.07) is 12.7. The number of benzene rings is 2. The Morgan fingerprint density at radius 2 is 1.71 bits per heavy atom. The Morgan fingerprint density at radius 3 is 2.46 bits per heavy atom. The van der Waals surface area contributed by atoms with Gasteiger partial charge >= 0.3 is 0 Å². The van der Waals surface area contributed by atoms with E-state index in [0.29, 0.717) is 15.7 Å². The number of fused-ring (bicyclic) bond motifs is 2. The van der Waals surface area contributed by atoms with Crippen LogP contribution in [0.25, 0.3) is 0 Å². The molecule has 0 aromatic heterocycles. The van der Waals surface area contributed by atoms with Crippen LogP contribution < -0.4 is 5.32 Å². The van der Waals surface area contributed by atoms with Crippen LogP contribution in [0.3, 0.4) is 0 Å². The van der Waals surface area contributed by atoms with Crippen molar-refractivity contribution in [1.82, 2.24) is 0 Å². The zero-order valence-corrected chi connectivity index (χ0v) is 14.1. The predicted molar refractivity (Wildman–Crippen MR) is 94.7 cm³/mol. The van der Waals surface area contributed by atoms with Crippen molar-refractivity contribution in [1.29, 1.82) is 0 Å². The molecule has 24 heavy (non-hydrogen) atoms. The summed E-state index contributed by atoms with van der Waals surface area (Å²) in [5, 5.41) is 4.09. The van der Waals surface area contributed by atoms with E-state index < -0.39 is 5.41 Å². The highest BCUT2D eigenvalue weighted by Crippen LogP contribution is 2.52. The number of halogens is 2. The molecule has 3 nitrogen and oxygen atoms in total. The van der Waals surface area contributed by atoms with Gasteiger partial charge in [0.05, 0.1) is 0 Å². The summed E-state index contributed by atoms with van der Waals surface area (Å²) in [5.41, 5.74) is 1.56. The van der Waals surface area contributed by atoms with Gasteiger partial charge in [0.1, 0.15) is 5.41 Å². The van der Waals surface area contributed by atoms with Gasteiger partial charge in [-0.2, -0.15) is 0 Å². The zero-order chi connectivity index (χ0) is 16.9. The normalized spacial score (nSPS) is 25.0. The quantitative estimate of drug-likeness (QED) is 0.816. The van der Waals surface area contributed by atoms with Crippen LogP contribution in [0.5, 0.6) is 0 Å². The number of hydrogen-bond acceptors (Lipinski definition) is 2. The summed E-state index contributed by atoms with van der Waals surface area (Å²) >= 11 is 12.0. The molecule has 0 radical (unpaired) electrons. The Bertz CT molecular complexity index is 889. The lowest BCUT2D eigenvalue weighted by atomic mass is 9.64. The van der Waals surface area contributed by atoms with Crippen LogP contribution in [0.4, 0.5) is 5.69 Å². The van der Waals surface area contributed by atoms with E-state index in [2.05, 4.69) is 5.32 Å². The lowest BCUT2D eigenvalue weighted by Crippen LogP contribution is -2.41. The molecule has 0 fully saturated rings. The van der Waals surface area contributed by atoms with Crippen molar-refractivity contribution in [2.24, 2.45) is 0 Å². The van der Waals surface area contributed by atoms with Crippen LogP contribution in [0.15, 0.2) is 54.6 Å². The topological polar surface area (TPSA) is 46.2 Å². The van der Waals surface area contributed by atoms with Crippen molar-refractivity contribution in [3.63, 3.8) is 0 Å². The summed E-state index contributed by atoms with van der Waals surface area (Å²) in [7, 11) is 0. The monoisotopic (exact) mass is 357 g/mol. The van der Waals surface area contributed by atoms with Gasteiger partial charge < -0.3 is 5.32 Å². The first-order chi connectivity index (χ1) is 11.5. The van der Waals surface area contributed by atoms with Crippen LogP contribution in [0.1, 0.15) is 23.5 Å². The van der Waals surface area contributed by atoms with Gasteiger partial charge in [0.25, 0.3) is 0 Å². The van der Waals surface area contributed by atoms with Crippen LogP contribution in [0.2, 0.25) is 10.0 Å². The summed E-state index contributed by atoms with van der Waals surface area (Å²) < 4.78 is 0. The van der Waals surface area contributed by atoms with E-state index in [4.69, 9.17) is 23.2 Å². The third-order valence-corrected chi connectivity index (χ3v) is 5.30. The molecule has 2 aliphatic rings. The van der Waals surface area contributed by atoms with Crippen LogP contribution in [-0.2, 0) is 15.0 Å². The van der Waals surface area contributed by atoms with Gasteiger partial charge in [0, 0.05) is 28.1 Å². The van der Waals surface area contributed by atoms with Crippen molar-refractivity contribution in [2.75, 3.05) is 5.32 Å². The molecular weight excluding hydrogens is 345 g/mol. The Balaban J connectivity index is 1.93. The molecule has 1 aliphatic carbocycles. The van der Waals surface area contributed by atoms with E-state index in [1.165, 1.54) is 6.08 Å². The van der Waals surface area contributed by atoms with Gasteiger partial charge in [-0.05, 0) is 41.5 Å². The smallest absolute Gasteiger partial charge is 0.239 e. The average molecular weight is 358 g/mol. The number of carbonyl (C=O) groups excluding carboxylic acids is 2. The van der Waals surface area contributed by atoms with Gasteiger partial charge in [0.2, 0.25) is 5.91 Å². The fraction of sp³-hybridized carbons (Fsp3) is 0.158. The van der Waals surface area contributed by atoms with E-state index in [1.807, 2.05) is 18.2 Å². The Labute approximate surface area is 149 Å². The molecule has 2 atom stereocenters. The second-order valence-electron chi connectivity index (χ2n) is 6.12. The first-order valence-electron chi connectivity index (χ1n) is 7.60. The number of allylic oxidation sites excluding steroid dienone is 1. The minimum Gasteiger partial charge on any atom is -0.325 e. The second-order valence-corrected chi connectivity index (χ2v) is 6.99. The van der Waals surface area contributed by atoms with Crippen LogP contribution >= 0.6 is 23.2 Å². The first kappa shape index (κ1) is 15.4. The number of amides is 1. The highest BCUT2D eigenvalue weighted by atomic mass is 35.5.